The zero-order valence-corrected chi connectivity index (χ0v) is 13.5. The summed E-state index contributed by atoms with van der Waals surface area (Å²) < 4.78 is 40.8. The van der Waals surface area contributed by atoms with Crippen LogP contribution in [-0.4, -0.2) is 17.7 Å². The molecule has 0 radical (unpaired) electrons. The summed E-state index contributed by atoms with van der Waals surface area (Å²) in [6, 6.07) is 6.73. The summed E-state index contributed by atoms with van der Waals surface area (Å²) in [5, 5.41) is 1.27. The van der Waals surface area contributed by atoms with Gasteiger partial charge in [0.1, 0.15) is 5.75 Å². The quantitative estimate of drug-likeness (QED) is 0.655. The third-order valence-electron chi connectivity index (χ3n) is 4.80. The third-order valence-corrected chi connectivity index (χ3v) is 8.31. The Bertz CT molecular complexity index is 458. The van der Waals surface area contributed by atoms with Crippen LogP contribution in [0.15, 0.2) is 24.3 Å². The van der Waals surface area contributed by atoms with E-state index in [4.69, 9.17) is 0 Å². The Balaban J connectivity index is 1.78. The molecule has 0 spiro atoms. The van der Waals surface area contributed by atoms with E-state index in [1.165, 1.54) is 68.8 Å². The van der Waals surface area contributed by atoms with Crippen molar-refractivity contribution in [2.24, 2.45) is 0 Å². The lowest BCUT2D eigenvalue weighted by atomic mass is 10.3. The maximum atomic E-state index is 12.3. The molecule has 22 heavy (non-hydrogen) atoms. The molecule has 122 valence electrons. The second-order valence-electron chi connectivity index (χ2n) is 6.33. The molecule has 0 atom stereocenters. The van der Waals surface area contributed by atoms with E-state index in [1.807, 2.05) is 12.1 Å². The van der Waals surface area contributed by atoms with E-state index in [0.29, 0.717) is 0 Å². The van der Waals surface area contributed by atoms with Gasteiger partial charge in [-0.3, -0.25) is 0 Å². The number of benzene rings is 1. The van der Waals surface area contributed by atoms with Gasteiger partial charge in [0.15, 0.2) is 0 Å². The van der Waals surface area contributed by atoms with Crippen LogP contribution in [0.3, 0.4) is 0 Å². The highest BCUT2D eigenvalue weighted by Crippen LogP contribution is 2.56. The van der Waals surface area contributed by atoms with E-state index in [2.05, 4.69) is 4.74 Å². The van der Waals surface area contributed by atoms with Crippen molar-refractivity contribution in [3.8, 4) is 5.75 Å². The molecule has 2 aliphatic carbocycles. The zero-order chi connectivity index (χ0) is 15.6. The summed E-state index contributed by atoms with van der Waals surface area (Å²) in [7, 11) is -0.240. The molecule has 1 aromatic rings. The average molecular weight is 330 g/mol. The Hall–Kier alpha value is -0.760. The number of rotatable bonds is 4. The molecule has 0 N–H and O–H groups in total. The molecule has 0 aromatic heterocycles. The summed E-state index contributed by atoms with van der Waals surface area (Å²) in [6.07, 6.45) is 5.81. The summed E-state index contributed by atoms with van der Waals surface area (Å²) in [5.41, 5.74) is 1.54. The molecular weight excluding hydrogens is 308 g/mol. The lowest BCUT2D eigenvalue weighted by molar-refractivity contribution is -0.274. The van der Waals surface area contributed by atoms with Crippen LogP contribution in [0.5, 0.6) is 5.75 Å². The molecule has 0 bridgehead atoms. The summed E-state index contributed by atoms with van der Waals surface area (Å²) in [5.74, 6) is -0.107. The highest BCUT2D eigenvalue weighted by atomic mass is 31.1. The van der Waals surface area contributed by atoms with Crippen LogP contribution in [-0.2, 0) is 0 Å². The van der Waals surface area contributed by atoms with E-state index >= 15 is 0 Å². The molecule has 0 saturated heterocycles. The molecule has 0 amide bonds. The molecule has 5 heteroatoms. The zero-order valence-electron chi connectivity index (χ0n) is 12.6. The number of ether oxygens (including phenoxy) is 1. The Morgan fingerprint density at radius 3 is 1.68 bits per heavy atom. The summed E-state index contributed by atoms with van der Waals surface area (Å²) in [4.78, 5) is 0. The van der Waals surface area contributed by atoms with E-state index in [0.717, 1.165) is 11.3 Å². The van der Waals surface area contributed by atoms with Crippen molar-refractivity contribution >= 4 is 13.2 Å². The first kappa shape index (κ1) is 16.1. The first-order valence-electron chi connectivity index (χ1n) is 8.17. The Morgan fingerprint density at radius 2 is 1.27 bits per heavy atom. The maximum Gasteiger partial charge on any atom is 0.573 e. The maximum absolute atomic E-state index is 12.3. The second kappa shape index (κ2) is 6.78. The molecule has 2 fully saturated rings. The minimum atomic E-state index is -4.61. The van der Waals surface area contributed by atoms with Crippen LogP contribution in [0.2, 0.25) is 0 Å². The largest absolute Gasteiger partial charge is 0.573 e. The molecule has 2 saturated carbocycles. The van der Waals surface area contributed by atoms with Crippen LogP contribution in [0.4, 0.5) is 13.2 Å². The van der Waals surface area contributed by atoms with Crippen LogP contribution in [0.25, 0.3) is 0 Å². The van der Waals surface area contributed by atoms with E-state index < -0.39 is 6.36 Å². The van der Waals surface area contributed by atoms with E-state index in [-0.39, 0.29) is 13.7 Å². The fraction of sp³-hybridized carbons (Fsp3) is 0.647. The SMILES string of the molecule is FC(F)(F)Oc1ccc(P(C2CCCC2)C2CCCC2)cc1. The van der Waals surface area contributed by atoms with Gasteiger partial charge >= 0.3 is 6.36 Å². The van der Waals surface area contributed by atoms with Crippen LogP contribution >= 0.6 is 7.92 Å². The Morgan fingerprint density at radius 1 is 0.818 bits per heavy atom. The van der Waals surface area contributed by atoms with Crippen LogP contribution in [0, 0.1) is 0 Å². The predicted molar refractivity (Wildman–Crippen MR) is 84.2 cm³/mol. The van der Waals surface area contributed by atoms with Gasteiger partial charge in [0.2, 0.25) is 0 Å². The fourth-order valence-corrected chi connectivity index (χ4v) is 7.68. The predicted octanol–water partition coefficient (Wildman–Crippen LogP) is 5.58. The molecule has 0 unspecified atom stereocenters. The topological polar surface area (TPSA) is 9.23 Å². The van der Waals surface area contributed by atoms with E-state index in [9.17, 15) is 13.2 Å². The molecule has 0 heterocycles. The summed E-state index contributed by atoms with van der Waals surface area (Å²) in [6.45, 7) is 0. The van der Waals surface area contributed by atoms with Gasteiger partial charge in [-0.15, -0.1) is 13.2 Å². The van der Waals surface area contributed by atoms with E-state index in [1.54, 1.807) is 0 Å². The van der Waals surface area contributed by atoms with Gasteiger partial charge in [0, 0.05) is 0 Å². The molecule has 1 aromatic carbocycles. The minimum Gasteiger partial charge on any atom is -0.406 e. The normalized spacial score (nSPS) is 20.9. The number of alkyl halides is 3. The van der Waals surface area contributed by atoms with Gasteiger partial charge in [-0.1, -0.05) is 45.7 Å². The van der Waals surface area contributed by atoms with Gasteiger partial charge < -0.3 is 4.74 Å². The first-order valence-corrected chi connectivity index (χ1v) is 9.65. The average Bonchev–Trinajstić information content (AvgIpc) is 3.13. The number of halogens is 3. The molecule has 3 rings (SSSR count). The minimum absolute atomic E-state index is 0.107. The van der Waals surface area contributed by atoms with Crippen molar-refractivity contribution in [2.75, 3.05) is 0 Å². The van der Waals surface area contributed by atoms with Crippen LogP contribution < -0.4 is 10.0 Å². The highest BCUT2D eigenvalue weighted by molar-refractivity contribution is 7.67. The van der Waals surface area contributed by atoms with Crippen molar-refractivity contribution in [2.45, 2.75) is 69.0 Å². The standard InChI is InChI=1S/C17H22F3OP/c18-17(19,20)21-13-9-11-16(12-10-13)22(14-5-1-2-6-14)15-7-3-4-8-15/h9-12,14-15H,1-8H2. The summed E-state index contributed by atoms with van der Waals surface area (Å²) >= 11 is 0. The first-order chi connectivity index (χ1) is 10.5. The van der Waals surface area contributed by atoms with Crippen molar-refractivity contribution < 1.29 is 17.9 Å². The van der Waals surface area contributed by atoms with Crippen molar-refractivity contribution in [1.82, 2.24) is 0 Å². The smallest absolute Gasteiger partial charge is 0.406 e. The number of hydrogen-bond acceptors (Lipinski definition) is 1. The molecule has 1 nitrogen and oxygen atoms in total. The van der Waals surface area contributed by atoms with Gasteiger partial charge in [-0.05, 0) is 54.4 Å². The molecular formula is C17H22F3OP. The highest BCUT2D eigenvalue weighted by Gasteiger charge is 2.34. The lowest BCUT2D eigenvalue weighted by Crippen LogP contribution is -2.20. The van der Waals surface area contributed by atoms with Crippen molar-refractivity contribution in [3.63, 3.8) is 0 Å². The van der Waals surface area contributed by atoms with Gasteiger partial charge in [0.25, 0.3) is 0 Å². The lowest BCUT2D eigenvalue weighted by Gasteiger charge is -2.30. The Labute approximate surface area is 131 Å². The molecule has 2 aliphatic rings. The van der Waals surface area contributed by atoms with Gasteiger partial charge in [-0.25, -0.2) is 0 Å². The van der Waals surface area contributed by atoms with Gasteiger partial charge in [-0.2, -0.15) is 0 Å². The fourth-order valence-electron chi connectivity index (χ4n) is 3.90. The van der Waals surface area contributed by atoms with Crippen LogP contribution in [0.1, 0.15) is 51.4 Å². The molecule has 0 aliphatic heterocycles. The second-order valence-corrected chi connectivity index (χ2v) is 9.12. The van der Waals surface area contributed by atoms with Crippen molar-refractivity contribution in [3.05, 3.63) is 24.3 Å². The Kier molecular flexibility index (Phi) is 4.97. The number of hydrogen-bond donors (Lipinski definition) is 0. The third kappa shape index (κ3) is 3.95. The monoisotopic (exact) mass is 330 g/mol. The van der Waals surface area contributed by atoms with Crippen molar-refractivity contribution in [1.29, 1.82) is 0 Å². The van der Waals surface area contributed by atoms with Gasteiger partial charge in [0.05, 0.1) is 0 Å².